The molecular weight excluding hydrogens is 728 g/mol. The van der Waals surface area contributed by atoms with Gasteiger partial charge in [-0.2, -0.15) is 0 Å². The van der Waals surface area contributed by atoms with Crippen LogP contribution in [0.4, 0.5) is 0 Å². The minimum atomic E-state index is -6.99. The number of hydrogen-bond acceptors (Lipinski definition) is 10. The average Bonchev–Trinajstić information content (AvgIpc) is 2.54. The Hall–Kier alpha value is 0.100. The molecule has 0 bridgehead atoms. The molecule has 0 aliphatic rings. The Balaban J connectivity index is 3.73. The van der Waals surface area contributed by atoms with E-state index in [4.69, 9.17) is 0 Å². The molecule has 0 aliphatic heterocycles. The SMILES string of the molecule is O=P(O)(O)C(P(=O)(O)O)(P(=O)(O)O)P(=O)(O)Oc1ccc(OP(=O)(O)C(P(=O)(O)O)(P(=O)(O)O)P(=O)(O)O)cc1. The van der Waals surface area contributed by atoms with E-state index in [0.29, 0.717) is 0 Å². The largest absolute Gasteiger partial charge is 0.423 e. The van der Waals surface area contributed by atoms with Gasteiger partial charge in [-0.3, -0.25) is 27.4 Å². The molecule has 2 atom stereocenters. The predicted molar refractivity (Wildman–Crippen MR) is 125 cm³/mol. The van der Waals surface area contributed by atoms with Crippen LogP contribution < -0.4 is 9.05 Å². The standard InChI is InChI=1S/C8H18O24P8/c9-33(10,11)7(34(12,13)14,35(15,16)17)39(27,28)31-5-1-2-6(4-3-5)32-40(29,30)8(36(18,19)20,37(21,22)23)38(24,25)26/h1-4H,(H,27,28)(H,29,30)(H2,9,10,11)(H2,12,13,14)(H2,15,16,17)(H2,18,19,20)(H2,21,22,23)(H2,24,25,26). The lowest BCUT2D eigenvalue weighted by Crippen LogP contribution is -2.31. The van der Waals surface area contributed by atoms with Crippen LogP contribution in [0, 0.1) is 0 Å². The third-order valence-electron chi connectivity index (χ3n) is 4.39. The predicted octanol–water partition coefficient (Wildman–Crippen LogP) is -0.896. The molecule has 1 aromatic rings. The van der Waals surface area contributed by atoms with Crippen LogP contribution in [0.15, 0.2) is 24.3 Å². The molecular formula is C8H18O24P8. The summed E-state index contributed by atoms with van der Waals surface area (Å²) in [6.07, 6.45) is 0. The van der Waals surface area contributed by atoms with Gasteiger partial charge in [0.25, 0.3) is 0 Å². The van der Waals surface area contributed by atoms with E-state index in [9.17, 15) is 105 Å². The van der Waals surface area contributed by atoms with Crippen molar-refractivity contribution >= 4 is 60.8 Å². The normalized spacial score (nSPS) is 17.9. The summed E-state index contributed by atoms with van der Waals surface area (Å²) >= 11 is 0. The molecule has 2 unspecified atom stereocenters. The van der Waals surface area contributed by atoms with Gasteiger partial charge < -0.3 is 77.6 Å². The molecule has 24 nitrogen and oxygen atoms in total. The maximum absolute atomic E-state index is 12.6. The first kappa shape index (κ1) is 38.1. The van der Waals surface area contributed by atoms with Crippen molar-refractivity contribution in [1.29, 1.82) is 0 Å². The minimum absolute atomic E-state index is 0.191. The van der Waals surface area contributed by atoms with Gasteiger partial charge in [0.15, 0.2) is 0 Å². The van der Waals surface area contributed by atoms with Crippen LogP contribution in [-0.4, -0.2) is 77.3 Å². The van der Waals surface area contributed by atoms with Crippen LogP contribution in [-0.2, 0) is 36.5 Å². The van der Waals surface area contributed by atoms with Gasteiger partial charge in [0.2, 0.25) is 0 Å². The van der Waals surface area contributed by atoms with Crippen molar-refractivity contribution in [2.45, 2.75) is 8.76 Å². The summed E-state index contributed by atoms with van der Waals surface area (Å²) in [6, 6.07) is 0.762. The van der Waals surface area contributed by atoms with Gasteiger partial charge in [0, 0.05) is 0 Å². The first-order valence-corrected chi connectivity index (χ1v) is 21.5. The quantitative estimate of drug-likeness (QED) is 0.115. The lowest BCUT2D eigenvalue weighted by Gasteiger charge is -2.36. The highest BCUT2D eigenvalue weighted by atomic mass is 31.4. The number of hydrogen-bond donors (Lipinski definition) is 14. The van der Waals surface area contributed by atoms with Crippen LogP contribution in [0.3, 0.4) is 0 Å². The monoisotopic (exact) mass is 746 g/mol. The van der Waals surface area contributed by atoms with Crippen LogP contribution in [0.25, 0.3) is 0 Å². The Morgan fingerprint density at radius 1 is 0.375 bits per heavy atom. The van der Waals surface area contributed by atoms with Crippen molar-refractivity contribution in [3.8, 4) is 11.5 Å². The molecule has 0 radical (unpaired) electrons. The maximum Gasteiger partial charge on any atom is 0.420 e. The minimum Gasteiger partial charge on any atom is -0.423 e. The molecule has 0 saturated heterocycles. The van der Waals surface area contributed by atoms with Gasteiger partial charge in [-0.25, -0.2) is 9.13 Å². The molecule has 14 N–H and O–H groups in total. The zero-order chi connectivity index (χ0) is 32.4. The molecule has 0 spiro atoms. The molecule has 0 amide bonds. The average molecular weight is 746 g/mol. The zero-order valence-corrected chi connectivity index (χ0v) is 25.4. The van der Waals surface area contributed by atoms with E-state index in [0.717, 1.165) is 0 Å². The molecule has 40 heavy (non-hydrogen) atoms. The fourth-order valence-corrected chi connectivity index (χ4v) is 20.8. The van der Waals surface area contributed by atoms with Crippen LogP contribution in [0.1, 0.15) is 0 Å². The smallest absolute Gasteiger partial charge is 0.420 e. The topological polar surface area (TPSA) is 438 Å². The lowest BCUT2D eigenvalue weighted by atomic mass is 10.3. The second-order valence-corrected chi connectivity index (χ2v) is 25.7. The van der Waals surface area contributed by atoms with Crippen molar-refractivity contribution in [3.63, 3.8) is 0 Å². The van der Waals surface area contributed by atoms with Crippen LogP contribution in [0.5, 0.6) is 11.5 Å². The fraction of sp³-hybridized carbons (Fsp3) is 0.250. The van der Waals surface area contributed by atoms with Crippen molar-refractivity contribution in [1.82, 2.24) is 0 Å². The molecule has 0 aliphatic carbocycles. The summed E-state index contributed by atoms with van der Waals surface area (Å²) in [5, 5.41) is 0. The molecule has 1 aromatic carbocycles. The Morgan fingerprint density at radius 3 is 0.650 bits per heavy atom. The summed E-state index contributed by atoms with van der Waals surface area (Å²) < 4.78 is 93.3. The summed E-state index contributed by atoms with van der Waals surface area (Å²) in [5.41, 5.74) is 0. The molecule has 234 valence electrons. The van der Waals surface area contributed by atoms with Gasteiger partial charge in [0.05, 0.1) is 0 Å². The van der Waals surface area contributed by atoms with E-state index in [1.165, 1.54) is 0 Å². The second kappa shape index (κ2) is 10.9. The Labute approximate surface area is 219 Å². The maximum atomic E-state index is 12.6. The summed E-state index contributed by atoms with van der Waals surface area (Å²) in [7, 11) is -55.8. The highest BCUT2D eigenvalue weighted by molar-refractivity contribution is 8.04. The van der Waals surface area contributed by atoms with E-state index in [2.05, 4.69) is 9.05 Å². The van der Waals surface area contributed by atoms with E-state index in [1.807, 2.05) is 0 Å². The summed E-state index contributed by atoms with van der Waals surface area (Å²) in [5.74, 6) is -2.59. The second-order valence-electron chi connectivity index (χ2n) is 7.16. The van der Waals surface area contributed by atoms with Gasteiger partial charge in [0.1, 0.15) is 11.5 Å². The molecule has 0 fully saturated rings. The first-order valence-electron chi connectivity index (χ1n) is 8.64. The Morgan fingerprint density at radius 2 is 0.525 bits per heavy atom. The molecule has 0 aromatic heterocycles. The lowest BCUT2D eigenvalue weighted by molar-refractivity contribution is 0.290. The third-order valence-corrected chi connectivity index (χ3v) is 30.1. The molecule has 1 rings (SSSR count). The van der Waals surface area contributed by atoms with Crippen molar-refractivity contribution < 1.29 is 114 Å². The Bertz CT molecular complexity index is 1300. The van der Waals surface area contributed by atoms with Crippen molar-refractivity contribution in [2.75, 3.05) is 0 Å². The summed E-state index contributed by atoms with van der Waals surface area (Å²) in [4.78, 5) is 132. The summed E-state index contributed by atoms with van der Waals surface area (Å²) in [6.45, 7) is 0. The van der Waals surface area contributed by atoms with E-state index < -0.39 is 81.0 Å². The third kappa shape index (κ3) is 6.18. The molecule has 0 saturated carbocycles. The highest BCUT2D eigenvalue weighted by Crippen LogP contribution is 2.95. The number of rotatable bonds is 12. The zero-order valence-electron chi connectivity index (χ0n) is 18.2. The van der Waals surface area contributed by atoms with Crippen molar-refractivity contribution in [3.05, 3.63) is 24.3 Å². The van der Waals surface area contributed by atoms with E-state index >= 15 is 0 Å². The van der Waals surface area contributed by atoms with E-state index in [-0.39, 0.29) is 24.3 Å². The molecule has 0 heterocycles. The van der Waals surface area contributed by atoms with Crippen LogP contribution in [0.2, 0.25) is 0 Å². The van der Waals surface area contributed by atoms with Gasteiger partial charge in [-0.1, -0.05) is 0 Å². The first-order chi connectivity index (χ1) is 17.2. The van der Waals surface area contributed by atoms with Gasteiger partial charge in [-0.15, -0.1) is 0 Å². The van der Waals surface area contributed by atoms with Gasteiger partial charge >= 0.3 is 69.5 Å². The van der Waals surface area contributed by atoms with Gasteiger partial charge in [-0.05, 0) is 24.3 Å². The van der Waals surface area contributed by atoms with Crippen LogP contribution >= 0.6 is 60.8 Å². The highest BCUT2D eigenvalue weighted by Gasteiger charge is 2.85. The number of benzene rings is 1. The fourth-order valence-electron chi connectivity index (χ4n) is 2.98. The van der Waals surface area contributed by atoms with E-state index in [1.54, 1.807) is 0 Å². The Kier molecular flexibility index (Phi) is 10.4. The molecule has 32 heteroatoms. The van der Waals surface area contributed by atoms with Crippen molar-refractivity contribution in [2.24, 2.45) is 0 Å².